The summed E-state index contributed by atoms with van der Waals surface area (Å²) in [6.07, 6.45) is 0.803. The number of rotatable bonds is 7. The minimum Gasteiger partial charge on any atom is -0.399 e. The molecule has 204 valence electrons. The van der Waals surface area contributed by atoms with E-state index >= 15 is 0 Å². The average Bonchev–Trinajstić information content (AvgIpc) is 2.82. The van der Waals surface area contributed by atoms with E-state index in [-0.39, 0.29) is 16.4 Å². The maximum atomic E-state index is 10.5. The highest BCUT2D eigenvalue weighted by atomic mass is 32.2. The van der Waals surface area contributed by atoms with E-state index in [1.165, 1.54) is 30.0 Å². The number of nitrogen functional groups attached to an aromatic ring is 1. The quantitative estimate of drug-likeness (QED) is 0.248. The van der Waals surface area contributed by atoms with E-state index < -0.39 is 20.2 Å². The third-order valence-electron chi connectivity index (χ3n) is 5.22. The smallest absolute Gasteiger partial charge is 0.294 e. The van der Waals surface area contributed by atoms with Crippen molar-refractivity contribution >= 4 is 31.6 Å². The second-order valence-corrected chi connectivity index (χ2v) is 11.1. The molecule has 3 aromatic carbocycles. The summed E-state index contributed by atoms with van der Waals surface area (Å²) in [7, 11) is -8.04. The molecule has 3 aromatic rings. The summed E-state index contributed by atoms with van der Waals surface area (Å²) in [5.41, 5.74) is 10.8. The number of nitrogens with zero attached hydrogens (tertiary/aromatic N) is 1. The van der Waals surface area contributed by atoms with Crippen LogP contribution in [0.4, 0.5) is 11.4 Å². The molecular formula is C26H36N2O7S2. The summed E-state index contributed by atoms with van der Waals surface area (Å²) in [5.74, 6) is 0. The largest absolute Gasteiger partial charge is 0.399 e. The Balaban J connectivity index is 0.000000283. The molecule has 5 N–H and O–H groups in total. The number of aliphatic hydroxyl groups excluding tert-OH is 1. The van der Waals surface area contributed by atoms with Gasteiger partial charge in [-0.15, -0.1) is 0 Å². The Kier molecular flexibility index (Phi) is 12.7. The molecule has 0 unspecified atom stereocenters. The molecule has 3 rings (SSSR count). The topological polar surface area (TPSA) is 158 Å². The molecule has 0 heterocycles. The van der Waals surface area contributed by atoms with Gasteiger partial charge in [-0.05, 0) is 82.1 Å². The van der Waals surface area contributed by atoms with Crippen LogP contribution in [0.1, 0.15) is 30.0 Å². The fourth-order valence-electron chi connectivity index (χ4n) is 3.01. The van der Waals surface area contributed by atoms with Crippen molar-refractivity contribution in [2.45, 2.75) is 43.9 Å². The van der Waals surface area contributed by atoms with Gasteiger partial charge in [0.05, 0.1) is 9.79 Å². The van der Waals surface area contributed by atoms with Crippen LogP contribution in [-0.2, 0) is 20.2 Å². The van der Waals surface area contributed by atoms with Crippen LogP contribution in [0.5, 0.6) is 0 Å². The molecule has 0 aliphatic rings. The summed E-state index contributed by atoms with van der Waals surface area (Å²) in [6, 6.07) is 18.0. The van der Waals surface area contributed by atoms with Gasteiger partial charge in [-0.1, -0.05) is 35.4 Å². The lowest BCUT2D eigenvalue weighted by molar-refractivity contribution is 0.289. The molecule has 0 aromatic heterocycles. The van der Waals surface area contributed by atoms with Crippen molar-refractivity contribution in [2.24, 2.45) is 0 Å². The third kappa shape index (κ3) is 11.8. The lowest BCUT2D eigenvalue weighted by Crippen LogP contribution is -2.24. The van der Waals surface area contributed by atoms with Crippen LogP contribution in [0.25, 0.3) is 0 Å². The van der Waals surface area contributed by atoms with Gasteiger partial charge < -0.3 is 15.7 Å². The zero-order valence-electron chi connectivity index (χ0n) is 21.5. The minimum absolute atomic E-state index is 0.0666. The Bertz CT molecular complexity index is 1250. The number of hydrogen-bond donors (Lipinski definition) is 4. The molecule has 0 radical (unpaired) electrons. The van der Waals surface area contributed by atoms with Crippen LogP contribution in [-0.4, -0.2) is 50.7 Å². The predicted molar refractivity (Wildman–Crippen MR) is 147 cm³/mol. The van der Waals surface area contributed by atoms with Gasteiger partial charge in [-0.3, -0.25) is 9.11 Å². The van der Waals surface area contributed by atoms with Crippen molar-refractivity contribution in [3.63, 3.8) is 0 Å². The Labute approximate surface area is 220 Å². The lowest BCUT2D eigenvalue weighted by Gasteiger charge is -2.23. The molecule has 0 saturated heterocycles. The molecule has 0 fully saturated rings. The first-order valence-corrected chi connectivity index (χ1v) is 14.4. The van der Waals surface area contributed by atoms with Crippen LogP contribution in [0, 0.1) is 20.8 Å². The molecule has 0 aliphatic heterocycles. The van der Waals surface area contributed by atoms with Gasteiger partial charge in [0.25, 0.3) is 20.2 Å². The Morgan fingerprint density at radius 2 is 1.19 bits per heavy atom. The van der Waals surface area contributed by atoms with Gasteiger partial charge >= 0.3 is 0 Å². The zero-order valence-corrected chi connectivity index (χ0v) is 23.1. The lowest BCUT2D eigenvalue weighted by atomic mass is 10.1. The number of aliphatic hydroxyl groups is 1. The molecule has 0 aliphatic carbocycles. The molecule has 0 amide bonds. The molecular weight excluding hydrogens is 516 g/mol. The van der Waals surface area contributed by atoms with Gasteiger partial charge in [-0.2, -0.15) is 16.8 Å². The highest BCUT2D eigenvalue weighted by Gasteiger charge is 2.08. The normalized spacial score (nSPS) is 11.0. The van der Waals surface area contributed by atoms with Crippen molar-refractivity contribution in [1.29, 1.82) is 0 Å². The second-order valence-electron chi connectivity index (χ2n) is 8.27. The maximum absolute atomic E-state index is 10.5. The second kappa shape index (κ2) is 14.7. The molecule has 37 heavy (non-hydrogen) atoms. The van der Waals surface area contributed by atoms with Crippen molar-refractivity contribution in [2.75, 3.05) is 30.3 Å². The van der Waals surface area contributed by atoms with Gasteiger partial charge in [0, 0.05) is 31.1 Å². The molecule has 0 spiro atoms. The van der Waals surface area contributed by atoms with Crippen LogP contribution in [0.15, 0.2) is 76.5 Å². The van der Waals surface area contributed by atoms with Gasteiger partial charge in [0.1, 0.15) is 0 Å². The summed E-state index contributed by atoms with van der Waals surface area (Å²) in [4.78, 5) is 2.11. The number of hydrogen-bond acceptors (Lipinski definition) is 7. The fourth-order valence-corrected chi connectivity index (χ4v) is 3.97. The number of anilines is 2. The van der Waals surface area contributed by atoms with Crippen molar-refractivity contribution < 1.29 is 31.0 Å². The first-order valence-electron chi connectivity index (χ1n) is 11.5. The van der Waals surface area contributed by atoms with Crippen LogP contribution < -0.4 is 10.6 Å². The SMILES string of the molecule is CCN(CCCO)c1ccc(N)c(C)c1.Cc1ccc(S(=O)(=O)O)cc1.Cc1ccc(S(=O)(=O)O)cc1. The van der Waals surface area contributed by atoms with Gasteiger partial charge in [0.15, 0.2) is 0 Å². The monoisotopic (exact) mass is 552 g/mol. The third-order valence-corrected chi connectivity index (χ3v) is 6.96. The minimum atomic E-state index is -4.02. The molecule has 0 saturated carbocycles. The summed E-state index contributed by atoms with van der Waals surface area (Å²) >= 11 is 0. The maximum Gasteiger partial charge on any atom is 0.294 e. The molecule has 0 atom stereocenters. The predicted octanol–water partition coefficient (Wildman–Crippen LogP) is 4.27. The Hall–Kier alpha value is -2.96. The fraction of sp³-hybridized carbons (Fsp3) is 0.308. The van der Waals surface area contributed by atoms with E-state index in [1.54, 1.807) is 24.3 Å². The Morgan fingerprint density at radius 3 is 1.51 bits per heavy atom. The number of nitrogens with two attached hydrogens (primary N) is 1. The van der Waals surface area contributed by atoms with Gasteiger partial charge in [0.2, 0.25) is 0 Å². The van der Waals surface area contributed by atoms with E-state index in [2.05, 4.69) is 17.9 Å². The van der Waals surface area contributed by atoms with E-state index in [1.807, 2.05) is 32.9 Å². The highest BCUT2D eigenvalue weighted by molar-refractivity contribution is 7.86. The summed E-state index contributed by atoms with van der Waals surface area (Å²) < 4.78 is 59.1. The highest BCUT2D eigenvalue weighted by Crippen LogP contribution is 2.20. The standard InChI is InChI=1S/C12H20N2O.2C7H8O3S/c1-3-14(7-4-8-15)11-5-6-12(13)10(2)9-11;2*1-6-2-4-7(5-3-6)11(8,9)10/h5-6,9,15H,3-4,7-8,13H2,1-2H3;2*2-5H,1H3,(H,8,9,10). The van der Waals surface area contributed by atoms with Crippen LogP contribution in [0.2, 0.25) is 0 Å². The van der Waals surface area contributed by atoms with Crippen LogP contribution in [0.3, 0.4) is 0 Å². The summed E-state index contributed by atoms with van der Waals surface area (Å²) in [6.45, 7) is 9.88. The molecule has 9 nitrogen and oxygen atoms in total. The molecule has 11 heteroatoms. The Morgan fingerprint density at radius 1 is 0.757 bits per heavy atom. The van der Waals surface area contributed by atoms with E-state index in [0.717, 1.165) is 41.9 Å². The molecule has 0 bridgehead atoms. The van der Waals surface area contributed by atoms with Gasteiger partial charge in [-0.25, -0.2) is 0 Å². The van der Waals surface area contributed by atoms with E-state index in [9.17, 15) is 16.8 Å². The van der Waals surface area contributed by atoms with E-state index in [4.69, 9.17) is 19.9 Å². The van der Waals surface area contributed by atoms with Crippen LogP contribution >= 0.6 is 0 Å². The van der Waals surface area contributed by atoms with Crippen molar-refractivity contribution in [3.8, 4) is 0 Å². The zero-order chi connectivity index (χ0) is 28.2. The van der Waals surface area contributed by atoms with Crippen molar-refractivity contribution in [1.82, 2.24) is 0 Å². The van der Waals surface area contributed by atoms with E-state index in [0.29, 0.717) is 0 Å². The average molecular weight is 553 g/mol. The number of benzene rings is 3. The van der Waals surface area contributed by atoms with Crippen molar-refractivity contribution in [3.05, 3.63) is 83.4 Å². The first kappa shape index (κ1) is 32.1. The first-order chi connectivity index (χ1) is 17.2. The summed E-state index contributed by atoms with van der Waals surface area (Å²) in [5, 5.41) is 8.81. The number of aryl methyl sites for hydroxylation is 3.